The Bertz CT molecular complexity index is 512. The molecule has 0 aliphatic heterocycles. The molecule has 0 aliphatic rings. The summed E-state index contributed by atoms with van der Waals surface area (Å²) in [5.74, 6) is 0.899. The van der Waals surface area contributed by atoms with Crippen LogP contribution in [0.15, 0.2) is 59.1 Å². The van der Waals surface area contributed by atoms with Gasteiger partial charge in [0.2, 0.25) is 0 Å². The van der Waals surface area contributed by atoms with E-state index in [4.69, 9.17) is 4.74 Å². The predicted molar refractivity (Wildman–Crippen MR) is 79.9 cm³/mol. The van der Waals surface area contributed by atoms with Crippen molar-refractivity contribution in [1.82, 2.24) is 0 Å². The molecule has 2 rings (SSSR count). The number of hydrogen-bond donors (Lipinski definition) is 0. The lowest BCUT2D eigenvalue weighted by atomic mass is 10.1. The van der Waals surface area contributed by atoms with Crippen LogP contribution in [0.2, 0.25) is 0 Å². The Hall–Kier alpha value is -1.54. The van der Waals surface area contributed by atoms with Crippen LogP contribution >= 0.6 is 15.9 Å². The Morgan fingerprint density at radius 1 is 1.00 bits per heavy atom. The molecular formula is C16H15BrO. The molecule has 0 N–H and O–H groups in total. The minimum Gasteiger partial charge on any atom is -0.497 e. The molecule has 0 bridgehead atoms. The van der Waals surface area contributed by atoms with Gasteiger partial charge in [-0.25, -0.2) is 0 Å². The van der Waals surface area contributed by atoms with Crippen LogP contribution in [0.5, 0.6) is 5.75 Å². The van der Waals surface area contributed by atoms with Crippen molar-refractivity contribution in [2.45, 2.75) is 6.42 Å². The zero-order chi connectivity index (χ0) is 12.8. The normalized spacial score (nSPS) is 10.8. The number of allylic oxidation sites excluding steroid dienone is 1. The Morgan fingerprint density at radius 3 is 2.28 bits per heavy atom. The molecule has 0 saturated heterocycles. The molecule has 2 aromatic carbocycles. The zero-order valence-electron chi connectivity index (χ0n) is 10.3. The first-order chi connectivity index (χ1) is 8.78. The van der Waals surface area contributed by atoms with E-state index in [1.807, 2.05) is 24.3 Å². The van der Waals surface area contributed by atoms with Crippen molar-refractivity contribution in [2.75, 3.05) is 7.11 Å². The third-order valence-corrected chi connectivity index (χ3v) is 3.22. The van der Waals surface area contributed by atoms with E-state index in [2.05, 4.69) is 52.3 Å². The van der Waals surface area contributed by atoms with E-state index < -0.39 is 0 Å². The molecule has 0 aromatic heterocycles. The second kappa shape index (κ2) is 6.41. The maximum absolute atomic E-state index is 5.13. The maximum atomic E-state index is 5.13. The quantitative estimate of drug-likeness (QED) is 0.794. The van der Waals surface area contributed by atoms with Crippen molar-refractivity contribution in [3.63, 3.8) is 0 Å². The van der Waals surface area contributed by atoms with E-state index in [0.717, 1.165) is 16.6 Å². The number of rotatable bonds is 4. The SMILES string of the molecule is COc1ccc(C/C=C/c2ccc(Br)cc2)cc1. The van der Waals surface area contributed by atoms with E-state index >= 15 is 0 Å². The first-order valence-electron chi connectivity index (χ1n) is 5.83. The molecule has 1 nitrogen and oxygen atoms in total. The molecule has 0 unspecified atom stereocenters. The molecule has 92 valence electrons. The Labute approximate surface area is 116 Å². The highest BCUT2D eigenvalue weighted by molar-refractivity contribution is 9.10. The second-order valence-electron chi connectivity index (χ2n) is 4.01. The molecule has 0 amide bonds. The third-order valence-electron chi connectivity index (χ3n) is 2.69. The van der Waals surface area contributed by atoms with Gasteiger partial charge < -0.3 is 4.74 Å². The topological polar surface area (TPSA) is 9.23 Å². The summed E-state index contributed by atoms with van der Waals surface area (Å²) in [6, 6.07) is 16.4. The summed E-state index contributed by atoms with van der Waals surface area (Å²) in [6.45, 7) is 0. The molecular weight excluding hydrogens is 288 g/mol. The minimum atomic E-state index is 0.899. The van der Waals surface area contributed by atoms with Crippen LogP contribution in [0.3, 0.4) is 0 Å². The number of halogens is 1. The standard InChI is InChI=1S/C16H15BrO/c1-18-16-11-7-14(8-12-16)4-2-3-13-5-9-15(17)10-6-13/h2-3,5-12H,4H2,1H3/b3-2+. The first-order valence-corrected chi connectivity index (χ1v) is 6.62. The van der Waals surface area contributed by atoms with E-state index in [1.165, 1.54) is 11.1 Å². The lowest BCUT2D eigenvalue weighted by Crippen LogP contribution is -1.84. The van der Waals surface area contributed by atoms with Gasteiger partial charge in [0.25, 0.3) is 0 Å². The van der Waals surface area contributed by atoms with Crippen molar-refractivity contribution in [1.29, 1.82) is 0 Å². The zero-order valence-corrected chi connectivity index (χ0v) is 11.9. The fourth-order valence-electron chi connectivity index (χ4n) is 1.67. The lowest BCUT2D eigenvalue weighted by molar-refractivity contribution is 0.414. The fourth-order valence-corrected chi connectivity index (χ4v) is 1.93. The van der Waals surface area contributed by atoms with Crippen LogP contribution in [0, 0.1) is 0 Å². The number of methoxy groups -OCH3 is 1. The van der Waals surface area contributed by atoms with Gasteiger partial charge in [-0.05, 0) is 41.8 Å². The highest BCUT2D eigenvalue weighted by Crippen LogP contribution is 2.14. The summed E-state index contributed by atoms with van der Waals surface area (Å²) in [5.41, 5.74) is 2.50. The van der Waals surface area contributed by atoms with Gasteiger partial charge in [0.1, 0.15) is 5.75 Å². The monoisotopic (exact) mass is 302 g/mol. The Kier molecular flexibility index (Phi) is 4.59. The fraction of sp³-hybridized carbons (Fsp3) is 0.125. The van der Waals surface area contributed by atoms with Gasteiger partial charge >= 0.3 is 0 Å². The van der Waals surface area contributed by atoms with Crippen molar-refractivity contribution in [3.05, 3.63) is 70.2 Å². The van der Waals surface area contributed by atoms with Crippen molar-refractivity contribution < 1.29 is 4.74 Å². The largest absolute Gasteiger partial charge is 0.497 e. The van der Waals surface area contributed by atoms with Crippen LogP contribution in [0.4, 0.5) is 0 Å². The van der Waals surface area contributed by atoms with Crippen LogP contribution in [-0.4, -0.2) is 7.11 Å². The Balaban J connectivity index is 1.95. The summed E-state index contributed by atoms with van der Waals surface area (Å²) in [7, 11) is 1.68. The first kappa shape index (κ1) is 12.9. The molecule has 0 radical (unpaired) electrons. The van der Waals surface area contributed by atoms with Gasteiger partial charge in [-0.15, -0.1) is 0 Å². The average molecular weight is 303 g/mol. The molecule has 18 heavy (non-hydrogen) atoms. The van der Waals surface area contributed by atoms with E-state index in [9.17, 15) is 0 Å². The summed E-state index contributed by atoms with van der Waals surface area (Å²) >= 11 is 3.43. The van der Waals surface area contributed by atoms with Crippen LogP contribution in [0.1, 0.15) is 11.1 Å². The van der Waals surface area contributed by atoms with Crippen LogP contribution in [0.25, 0.3) is 6.08 Å². The van der Waals surface area contributed by atoms with Gasteiger partial charge in [-0.1, -0.05) is 52.3 Å². The van der Waals surface area contributed by atoms with Crippen LogP contribution in [-0.2, 0) is 6.42 Å². The number of ether oxygens (including phenoxy) is 1. The van der Waals surface area contributed by atoms with Crippen molar-refractivity contribution in [3.8, 4) is 5.75 Å². The average Bonchev–Trinajstić information content (AvgIpc) is 2.42. The predicted octanol–water partition coefficient (Wildman–Crippen LogP) is 4.71. The molecule has 2 heteroatoms. The highest BCUT2D eigenvalue weighted by Gasteiger charge is 1.92. The number of benzene rings is 2. The van der Waals surface area contributed by atoms with E-state index in [0.29, 0.717) is 0 Å². The molecule has 0 atom stereocenters. The van der Waals surface area contributed by atoms with Gasteiger partial charge in [-0.2, -0.15) is 0 Å². The molecule has 2 aromatic rings. The molecule has 0 heterocycles. The summed E-state index contributed by atoms with van der Waals surface area (Å²) in [4.78, 5) is 0. The lowest BCUT2D eigenvalue weighted by Gasteiger charge is -2.00. The van der Waals surface area contributed by atoms with Crippen LogP contribution < -0.4 is 4.74 Å². The maximum Gasteiger partial charge on any atom is 0.118 e. The molecule has 0 spiro atoms. The van der Waals surface area contributed by atoms with E-state index in [1.54, 1.807) is 7.11 Å². The van der Waals surface area contributed by atoms with Crippen molar-refractivity contribution in [2.24, 2.45) is 0 Å². The van der Waals surface area contributed by atoms with Gasteiger partial charge in [-0.3, -0.25) is 0 Å². The van der Waals surface area contributed by atoms with Crippen molar-refractivity contribution >= 4 is 22.0 Å². The number of hydrogen-bond acceptors (Lipinski definition) is 1. The highest BCUT2D eigenvalue weighted by atomic mass is 79.9. The second-order valence-corrected chi connectivity index (χ2v) is 4.92. The van der Waals surface area contributed by atoms with Gasteiger partial charge in [0.05, 0.1) is 7.11 Å². The van der Waals surface area contributed by atoms with Gasteiger partial charge in [0, 0.05) is 4.47 Å². The Morgan fingerprint density at radius 2 is 1.67 bits per heavy atom. The smallest absolute Gasteiger partial charge is 0.118 e. The third kappa shape index (κ3) is 3.74. The minimum absolute atomic E-state index is 0.899. The molecule has 0 aliphatic carbocycles. The summed E-state index contributed by atoms with van der Waals surface area (Å²) in [5, 5.41) is 0. The molecule has 0 saturated carbocycles. The summed E-state index contributed by atoms with van der Waals surface area (Å²) in [6.07, 6.45) is 5.24. The van der Waals surface area contributed by atoms with Gasteiger partial charge in [0.15, 0.2) is 0 Å². The molecule has 0 fully saturated rings. The summed E-state index contributed by atoms with van der Waals surface area (Å²) < 4.78 is 6.24. The van der Waals surface area contributed by atoms with E-state index in [-0.39, 0.29) is 0 Å².